The molecule has 2 fully saturated rings. The highest BCUT2D eigenvalue weighted by Crippen LogP contribution is 2.27. The molecular weight excluding hydrogens is 354 g/mol. The van der Waals surface area contributed by atoms with Crippen molar-refractivity contribution in [2.24, 2.45) is 0 Å². The molecule has 2 aromatic carbocycles. The minimum absolute atomic E-state index is 0.756. The van der Waals surface area contributed by atoms with Crippen LogP contribution in [0.4, 0.5) is 5.69 Å². The molecule has 144 valence electrons. The van der Waals surface area contributed by atoms with E-state index in [2.05, 4.69) is 57.2 Å². The highest BCUT2D eigenvalue weighted by atomic mass is 35.5. The van der Waals surface area contributed by atoms with Crippen LogP contribution in [-0.4, -0.2) is 61.7 Å². The first-order valence-electron chi connectivity index (χ1n) is 10.3. The standard InChI is InChI=1S/C23H30ClN3/c24-22-8-4-5-9-23(22)27-18-16-26(17-19-27)21-11-14-25(15-12-21)13-10-20-6-2-1-3-7-20/h1-9,21H,10-19H2. The van der Waals surface area contributed by atoms with Gasteiger partial charge in [-0.05, 0) is 50.0 Å². The maximum Gasteiger partial charge on any atom is 0.0639 e. The van der Waals surface area contributed by atoms with Crippen LogP contribution in [0.15, 0.2) is 54.6 Å². The number of para-hydroxylation sites is 1. The van der Waals surface area contributed by atoms with Crippen molar-refractivity contribution >= 4 is 17.3 Å². The highest BCUT2D eigenvalue weighted by Gasteiger charge is 2.27. The summed E-state index contributed by atoms with van der Waals surface area (Å²) in [6, 6.07) is 19.8. The Morgan fingerprint density at radius 1 is 0.778 bits per heavy atom. The van der Waals surface area contributed by atoms with E-state index in [1.807, 2.05) is 12.1 Å². The Morgan fingerprint density at radius 2 is 1.44 bits per heavy atom. The van der Waals surface area contributed by atoms with Crippen LogP contribution in [0.5, 0.6) is 0 Å². The van der Waals surface area contributed by atoms with Gasteiger partial charge in [0.15, 0.2) is 0 Å². The highest BCUT2D eigenvalue weighted by molar-refractivity contribution is 6.33. The van der Waals surface area contributed by atoms with Crippen LogP contribution in [-0.2, 0) is 6.42 Å². The molecule has 0 aromatic heterocycles. The van der Waals surface area contributed by atoms with Gasteiger partial charge < -0.3 is 9.80 Å². The Bertz CT molecular complexity index is 705. The summed E-state index contributed by atoms with van der Waals surface area (Å²) >= 11 is 6.37. The molecule has 0 amide bonds. The first kappa shape index (κ1) is 18.8. The topological polar surface area (TPSA) is 9.72 Å². The van der Waals surface area contributed by atoms with Crippen LogP contribution >= 0.6 is 11.6 Å². The second-order valence-corrected chi connectivity index (χ2v) is 8.19. The smallest absolute Gasteiger partial charge is 0.0639 e. The van der Waals surface area contributed by atoms with Crippen LogP contribution in [0.25, 0.3) is 0 Å². The molecule has 0 radical (unpaired) electrons. The minimum Gasteiger partial charge on any atom is -0.368 e. The van der Waals surface area contributed by atoms with Crippen LogP contribution in [0, 0.1) is 0 Å². The average molecular weight is 384 g/mol. The van der Waals surface area contributed by atoms with Gasteiger partial charge in [0, 0.05) is 38.8 Å². The van der Waals surface area contributed by atoms with Crippen molar-refractivity contribution in [2.75, 3.05) is 50.7 Å². The molecule has 3 nitrogen and oxygen atoms in total. The second-order valence-electron chi connectivity index (χ2n) is 7.78. The molecule has 0 spiro atoms. The Morgan fingerprint density at radius 3 is 2.15 bits per heavy atom. The van der Waals surface area contributed by atoms with Crippen molar-refractivity contribution in [3.63, 3.8) is 0 Å². The van der Waals surface area contributed by atoms with Crippen molar-refractivity contribution in [2.45, 2.75) is 25.3 Å². The number of likely N-dealkylation sites (tertiary alicyclic amines) is 1. The van der Waals surface area contributed by atoms with Gasteiger partial charge in [0.25, 0.3) is 0 Å². The Kier molecular flexibility index (Phi) is 6.33. The van der Waals surface area contributed by atoms with E-state index in [4.69, 9.17) is 11.6 Å². The fourth-order valence-corrected chi connectivity index (χ4v) is 4.73. The first-order chi connectivity index (χ1) is 13.3. The predicted octanol–water partition coefficient (Wildman–Crippen LogP) is 4.17. The van der Waals surface area contributed by atoms with E-state index in [0.717, 1.165) is 37.2 Å². The Labute approximate surface area is 168 Å². The van der Waals surface area contributed by atoms with Crippen molar-refractivity contribution < 1.29 is 0 Å². The molecule has 0 bridgehead atoms. The number of halogens is 1. The number of hydrogen-bond acceptors (Lipinski definition) is 3. The maximum atomic E-state index is 6.37. The van der Waals surface area contributed by atoms with E-state index in [9.17, 15) is 0 Å². The summed E-state index contributed by atoms with van der Waals surface area (Å²) in [6.07, 6.45) is 3.78. The predicted molar refractivity (Wildman–Crippen MR) is 115 cm³/mol. The third kappa shape index (κ3) is 4.84. The molecule has 2 aliphatic rings. The normalized spacial score (nSPS) is 20.1. The van der Waals surface area contributed by atoms with Crippen LogP contribution in [0.3, 0.4) is 0 Å². The monoisotopic (exact) mass is 383 g/mol. The van der Waals surface area contributed by atoms with Gasteiger partial charge in [-0.1, -0.05) is 54.1 Å². The van der Waals surface area contributed by atoms with E-state index in [1.54, 1.807) is 0 Å². The zero-order valence-corrected chi connectivity index (χ0v) is 16.8. The zero-order valence-electron chi connectivity index (χ0n) is 16.1. The molecule has 4 heteroatoms. The number of hydrogen-bond donors (Lipinski definition) is 0. The summed E-state index contributed by atoms with van der Waals surface area (Å²) in [7, 11) is 0. The van der Waals surface area contributed by atoms with Crippen LogP contribution in [0.1, 0.15) is 18.4 Å². The summed E-state index contributed by atoms with van der Waals surface area (Å²) in [6.45, 7) is 8.14. The van der Waals surface area contributed by atoms with Crippen molar-refractivity contribution in [1.82, 2.24) is 9.80 Å². The van der Waals surface area contributed by atoms with Crippen molar-refractivity contribution in [3.05, 3.63) is 65.2 Å². The lowest BCUT2D eigenvalue weighted by molar-refractivity contribution is 0.104. The lowest BCUT2D eigenvalue weighted by Gasteiger charge is -2.43. The quantitative estimate of drug-likeness (QED) is 0.767. The number of anilines is 1. The first-order valence-corrected chi connectivity index (χ1v) is 10.7. The van der Waals surface area contributed by atoms with Gasteiger partial charge >= 0.3 is 0 Å². The zero-order chi connectivity index (χ0) is 18.5. The number of nitrogens with zero attached hydrogens (tertiary/aromatic N) is 3. The van der Waals surface area contributed by atoms with E-state index < -0.39 is 0 Å². The summed E-state index contributed by atoms with van der Waals surface area (Å²) in [4.78, 5) is 7.79. The van der Waals surface area contributed by atoms with Crippen LogP contribution < -0.4 is 4.90 Å². The van der Waals surface area contributed by atoms with Gasteiger partial charge in [0.1, 0.15) is 0 Å². The van der Waals surface area contributed by atoms with Crippen molar-refractivity contribution in [3.8, 4) is 0 Å². The molecule has 0 saturated carbocycles. The van der Waals surface area contributed by atoms with Gasteiger partial charge in [-0.25, -0.2) is 0 Å². The van der Waals surface area contributed by atoms with E-state index in [-0.39, 0.29) is 0 Å². The molecule has 2 heterocycles. The summed E-state index contributed by atoms with van der Waals surface area (Å²) in [5, 5.41) is 0.873. The van der Waals surface area contributed by atoms with E-state index in [0.29, 0.717) is 0 Å². The molecule has 4 rings (SSSR count). The van der Waals surface area contributed by atoms with Gasteiger partial charge in [-0.2, -0.15) is 0 Å². The molecule has 0 aliphatic carbocycles. The fourth-order valence-electron chi connectivity index (χ4n) is 4.48. The summed E-state index contributed by atoms with van der Waals surface area (Å²) < 4.78 is 0. The minimum atomic E-state index is 0.756. The molecule has 27 heavy (non-hydrogen) atoms. The number of piperidine rings is 1. The SMILES string of the molecule is Clc1ccccc1N1CCN(C2CCN(CCc3ccccc3)CC2)CC1. The van der Waals surface area contributed by atoms with Gasteiger partial charge in [-0.3, -0.25) is 4.90 Å². The largest absolute Gasteiger partial charge is 0.368 e. The maximum absolute atomic E-state index is 6.37. The van der Waals surface area contributed by atoms with Gasteiger partial charge in [0.2, 0.25) is 0 Å². The molecule has 2 aromatic rings. The van der Waals surface area contributed by atoms with Gasteiger partial charge in [0.05, 0.1) is 10.7 Å². The third-order valence-corrected chi connectivity index (χ3v) is 6.46. The van der Waals surface area contributed by atoms with Gasteiger partial charge in [-0.15, -0.1) is 0 Å². The van der Waals surface area contributed by atoms with Crippen molar-refractivity contribution in [1.29, 1.82) is 0 Å². The third-order valence-electron chi connectivity index (χ3n) is 6.14. The molecular formula is C23H30ClN3. The fraction of sp³-hybridized carbons (Fsp3) is 0.478. The molecule has 0 atom stereocenters. The Balaban J connectivity index is 1.21. The summed E-state index contributed by atoms with van der Waals surface area (Å²) in [5.41, 5.74) is 2.64. The lowest BCUT2D eigenvalue weighted by atomic mass is 10.0. The molecule has 0 unspecified atom stereocenters. The Hall–Kier alpha value is -1.55. The average Bonchev–Trinajstić information content (AvgIpc) is 2.74. The number of benzene rings is 2. The second kappa shape index (κ2) is 9.09. The summed E-state index contributed by atoms with van der Waals surface area (Å²) in [5.74, 6) is 0. The van der Waals surface area contributed by atoms with E-state index >= 15 is 0 Å². The number of piperazine rings is 1. The number of rotatable bonds is 5. The molecule has 2 saturated heterocycles. The lowest BCUT2D eigenvalue weighted by Crippen LogP contribution is -2.53. The molecule has 2 aliphatic heterocycles. The van der Waals surface area contributed by atoms with Crippen LogP contribution in [0.2, 0.25) is 5.02 Å². The van der Waals surface area contributed by atoms with E-state index in [1.165, 1.54) is 50.1 Å². The molecule has 0 N–H and O–H groups in total.